The van der Waals surface area contributed by atoms with Crippen molar-refractivity contribution in [3.05, 3.63) is 40.2 Å². The second kappa shape index (κ2) is 5.97. The number of benzene rings is 1. The predicted molar refractivity (Wildman–Crippen MR) is 82.3 cm³/mol. The molecule has 0 spiro atoms. The first kappa shape index (κ1) is 15.1. The van der Waals surface area contributed by atoms with Crippen molar-refractivity contribution in [1.82, 2.24) is 9.47 Å². The topological polar surface area (TPSA) is 88.6 Å². The summed E-state index contributed by atoms with van der Waals surface area (Å²) < 4.78 is 1.72. The first-order valence-electron chi connectivity index (χ1n) is 6.79. The van der Waals surface area contributed by atoms with Gasteiger partial charge in [0.25, 0.3) is 5.91 Å². The number of likely N-dealkylation sites (N-methyl/N-ethyl adjacent to an activating group) is 1. The largest absolute Gasteiger partial charge is 0.398 e. The molecule has 112 valence electrons. The number of rotatable bonds is 4. The molecule has 0 saturated carbocycles. The van der Waals surface area contributed by atoms with Crippen LogP contribution in [0, 0.1) is 0 Å². The summed E-state index contributed by atoms with van der Waals surface area (Å²) in [4.78, 5) is 26.5. The van der Waals surface area contributed by atoms with Crippen LogP contribution in [0.15, 0.2) is 29.2 Å². The average Bonchev–Trinajstić information content (AvgIpc) is 2.47. The Morgan fingerprint density at radius 2 is 2.14 bits per heavy atom. The number of fused-ring (bicyclic) bond motifs is 1. The monoisotopic (exact) mass is 289 g/mol. The first-order valence-corrected chi connectivity index (χ1v) is 6.79. The number of amides is 1. The smallest absolute Gasteiger partial charge is 0.259 e. The maximum Gasteiger partial charge on any atom is 0.259 e. The number of nitrogens with zero attached hydrogens (tertiary/aromatic N) is 2. The summed E-state index contributed by atoms with van der Waals surface area (Å²) in [5, 5.41) is 9.36. The fourth-order valence-electron chi connectivity index (χ4n) is 2.40. The molecule has 3 N–H and O–H groups in total. The van der Waals surface area contributed by atoms with Crippen LogP contribution in [-0.4, -0.2) is 40.2 Å². The van der Waals surface area contributed by atoms with E-state index < -0.39 is 5.91 Å². The Labute approximate surface area is 122 Å². The first-order chi connectivity index (χ1) is 10.0. The van der Waals surface area contributed by atoms with Crippen LogP contribution in [0.2, 0.25) is 0 Å². The number of aliphatic hydroxyl groups is 1. The third-order valence-electron chi connectivity index (χ3n) is 3.52. The van der Waals surface area contributed by atoms with Gasteiger partial charge in [0.05, 0.1) is 17.5 Å². The molecule has 0 atom stereocenters. The van der Waals surface area contributed by atoms with Crippen LogP contribution < -0.4 is 11.2 Å². The Morgan fingerprint density at radius 3 is 2.76 bits per heavy atom. The third kappa shape index (κ3) is 2.62. The number of aromatic nitrogens is 1. The van der Waals surface area contributed by atoms with E-state index >= 15 is 0 Å². The molecule has 1 amide bonds. The maximum absolute atomic E-state index is 12.6. The molecule has 2 rings (SSSR count). The number of carbonyl (C=O) groups excluding carboxylic acids is 1. The molecular formula is C15H19N3O3. The van der Waals surface area contributed by atoms with Gasteiger partial charge in [0.1, 0.15) is 5.56 Å². The van der Waals surface area contributed by atoms with Gasteiger partial charge in [0, 0.05) is 32.0 Å². The Balaban J connectivity index is 2.66. The molecule has 0 aliphatic heterocycles. The van der Waals surface area contributed by atoms with Gasteiger partial charge in [-0.05, 0) is 19.1 Å². The van der Waals surface area contributed by atoms with Crippen molar-refractivity contribution in [3.8, 4) is 0 Å². The minimum atomic E-state index is -0.391. The zero-order valence-electron chi connectivity index (χ0n) is 12.2. The normalized spacial score (nSPS) is 10.8. The van der Waals surface area contributed by atoms with Crippen LogP contribution >= 0.6 is 0 Å². The molecular weight excluding hydrogens is 270 g/mol. The van der Waals surface area contributed by atoms with Gasteiger partial charge >= 0.3 is 0 Å². The summed E-state index contributed by atoms with van der Waals surface area (Å²) in [5.41, 5.74) is 6.62. The minimum Gasteiger partial charge on any atom is -0.398 e. The Kier molecular flexibility index (Phi) is 4.28. The fourth-order valence-corrected chi connectivity index (χ4v) is 2.40. The Morgan fingerprint density at radius 1 is 1.43 bits per heavy atom. The molecule has 2 aromatic rings. The molecule has 0 aliphatic carbocycles. The maximum atomic E-state index is 12.6. The molecule has 0 saturated heterocycles. The second-order valence-corrected chi connectivity index (χ2v) is 4.83. The van der Waals surface area contributed by atoms with Crippen molar-refractivity contribution in [1.29, 1.82) is 0 Å². The summed E-state index contributed by atoms with van der Waals surface area (Å²) in [6.45, 7) is 2.27. The summed E-state index contributed by atoms with van der Waals surface area (Å²) in [6, 6.07) is 5.19. The van der Waals surface area contributed by atoms with Crippen LogP contribution in [0.4, 0.5) is 5.69 Å². The van der Waals surface area contributed by atoms with Crippen LogP contribution in [0.5, 0.6) is 0 Å². The highest BCUT2D eigenvalue weighted by molar-refractivity contribution is 6.00. The molecule has 0 aliphatic rings. The van der Waals surface area contributed by atoms with E-state index in [0.29, 0.717) is 23.1 Å². The molecule has 0 fully saturated rings. The SMILES string of the molecule is CCN(CCO)C(=O)c1cn(C)c2cccc(N)c2c1=O. The number of nitrogen functional groups attached to an aromatic ring is 1. The molecule has 1 aromatic heterocycles. The van der Waals surface area contributed by atoms with Gasteiger partial charge < -0.3 is 20.3 Å². The van der Waals surface area contributed by atoms with Crippen LogP contribution in [0.25, 0.3) is 10.9 Å². The predicted octanol–water partition coefficient (Wildman–Crippen LogP) is 0.575. The number of anilines is 1. The molecule has 0 bridgehead atoms. The lowest BCUT2D eigenvalue weighted by Gasteiger charge is -2.20. The van der Waals surface area contributed by atoms with E-state index in [1.807, 2.05) is 0 Å². The number of nitrogens with two attached hydrogens (primary N) is 1. The lowest BCUT2D eigenvalue weighted by molar-refractivity contribution is 0.0730. The number of pyridine rings is 1. The van der Waals surface area contributed by atoms with Gasteiger partial charge in [-0.25, -0.2) is 0 Å². The summed E-state index contributed by atoms with van der Waals surface area (Å²) in [5.74, 6) is -0.391. The van der Waals surface area contributed by atoms with E-state index in [-0.39, 0.29) is 24.1 Å². The summed E-state index contributed by atoms with van der Waals surface area (Å²) in [7, 11) is 1.76. The van der Waals surface area contributed by atoms with Gasteiger partial charge in [-0.15, -0.1) is 0 Å². The highest BCUT2D eigenvalue weighted by Gasteiger charge is 2.20. The van der Waals surface area contributed by atoms with Crippen molar-refractivity contribution in [3.63, 3.8) is 0 Å². The summed E-state index contributed by atoms with van der Waals surface area (Å²) in [6.07, 6.45) is 1.52. The average molecular weight is 289 g/mol. The number of hydrogen-bond donors (Lipinski definition) is 2. The van der Waals surface area contributed by atoms with Crippen molar-refractivity contribution in [2.45, 2.75) is 6.92 Å². The summed E-state index contributed by atoms with van der Waals surface area (Å²) >= 11 is 0. The number of aliphatic hydroxyl groups excluding tert-OH is 1. The van der Waals surface area contributed by atoms with E-state index in [9.17, 15) is 9.59 Å². The Bertz CT molecular complexity index is 737. The molecule has 6 heteroatoms. The molecule has 0 unspecified atom stereocenters. The highest BCUT2D eigenvalue weighted by Crippen LogP contribution is 2.18. The lowest BCUT2D eigenvalue weighted by atomic mass is 10.1. The number of aryl methyl sites for hydroxylation is 1. The number of hydrogen-bond acceptors (Lipinski definition) is 4. The minimum absolute atomic E-state index is 0.0678. The molecule has 1 aromatic carbocycles. The Hall–Kier alpha value is -2.34. The zero-order chi connectivity index (χ0) is 15.6. The standard InChI is InChI=1S/C15H19N3O3/c1-3-18(7-8-19)15(21)10-9-17(2)12-6-4-5-11(16)13(12)14(10)20/h4-6,9,19H,3,7-8,16H2,1-2H3. The van der Waals surface area contributed by atoms with E-state index in [1.165, 1.54) is 11.1 Å². The number of carbonyl (C=O) groups is 1. The van der Waals surface area contributed by atoms with Crippen molar-refractivity contribution in [2.24, 2.45) is 7.05 Å². The van der Waals surface area contributed by atoms with Gasteiger partial charge in [-0.3, -0.25) is 9.59 Å². The van der Waals surface area contributed by atoms with Gasteiger partial charge in [0.15, 0.2) is 0 Å². The van der Waals surface area contributed by atoms with E-state index in [1.54, 1.807) is 36.7 Å². The molecule has 21 heavy (non-hydrogen) atoms. The highest BCUT2D eigenvalue weighted by atomic mass is 16.3. The van der Waals surface area contributed by atoms with E-state index in [2.05, 4.69) is 0 Å². The fraction of sp³-hybridized carbons (Fsp3) is 0.333. The second-order valence-electron chi connectivity index (χ2n) is 4.83. The van der Waals surface area contributed by atoms with Gasteiger partial charge in [0.2, 0.25) is 5.43 Å². The van der Waals surface area contributed by atoms with E-state index in [4.69, 9.17) is 10.8 Å². The quantitative estimate of drug-likeness (QED) is 0.806. The zero-order valence-corrected chi connectivity index (χ0v) is 12.2. The molecule has 6 nitrogen and oxygen atoms in total. The van der Waals surface area contributed by atoms with E-state index in [0.717, 1.165) is 0 Å². The molecule has 1 heterocycles. The molecule has 0 radical (unpaired) electrons. The van der Waals surface area contributed by atoms with Crippen LogP contribution in [0.3, 0.4) is 0 Å². The van der Waals surface area contributed by atoms with Crippen molar-refractivity contribution >= 4 is 22.5 Å². The van der Waals surface area contributed by atoms with Crippen molar-refractivity contribution < 1.29 is 9.90 Å². The van der Waals surface area contributed by atoms with Gasteiger partial charge in [-0.1, -0.05) is 6.07 Å². The third-order valence-corrected chi connectivity index (χ3v) is 3.52. The van der Waals surface area contributed by atoms with Crippen molar-refractivity contribution in [2.75, 3.05) is 25.4 Å². The van der Waals surface area contributed by atoms with Crippen LogP contribution in [0.1, 0.15) is 17.3 Å². The van der Waals surface area contributed by atoms with Crippen LogP contribution in [-0.2, 0) is 7.05 Å². The lowest BCUT2D eigenvalue weighted by Crippen LogP contribution is -2.36. The van der Waals surface area contributed by atoms with Gasteiger partial charge in [-0.2, -0.15) is 0 Å².